The first-order valence-electron chi connectivity index (χ1n) is 10.4. The van der Waals surface area contributed by atoms with Crippen LogP contribution in [0.15, 0.2) is 17.1 Å². The molecule has 0 spiro atoms. The number of hydrogen-bond acceptors (Lipinski definition) is 5. The summed E-state index contributed by atoms with van der Waals surface area (Å²) in [5.74, 6) is 1.63. The topological polar surface area (TPSA) is 78.4 Å². The van der Waals surface area contributed by atoms with Gasteiger partial charge >= 0.3 is 0 Å². The lowest BCUT2D eigenvalue weighted by atomic mass is 10.2. The number of methoxy groups -OCH3 is 2. The standard InChI is InChI=1S/C21H34N4O3.HI/c1-4-22-21(24-16-9-10-25(14-16)17-7-5-6-8-17)23-13-15-11-18(27-2)20(26)19(12-15)28-3;/h11-12,16-17,26H,4-10,13-14H2,1-3H3,(H2,22,23,24);1H. The zero-order chi connectivity index (χ0) is 19.9. The van der Waals surface area contributed by atoms with Crippen LogP contribution >= 0.6 is 24.0 Å². The minimum Gasteiger partial charge on any atom is -0.502 e. The molecule has 1 unspecified atom stereocenters. The molecule has 8 heteroatoms. The minimum atomic E-state index is 0. The lowest BCUT2D eigenvalue weighted by Gasteiger charge is -2.24. The number of aromatic hydroxyl groups is 1. The molecule has 1 heterocycles. The second-order valence-corrected chi connectivity index (χ2v) is 7.61. The third-order valence-electron chi connectivity index (χ3n) is 5.71. The minimum absolute atomic E-state index is 0. The molecule has 1 aromatic rings. The van der Waals surface area contributed by atoms with Gasteiger partial charge in [0.1, 0.15) is 0 Å². The molecule has 1 aliphatic heterocycles. The third kappa shape index (κ3) is 6.28. The Labute approximate surface area is 191 Å². The highest BCUT2D eigenvalue weighted by molar-refractivity contribution is 14.0. The maximum atomic E-state index is 10.1. The van der Waals surface area contributed by atoms with E-state index in [0.29, 0.717) is 24.1 Å². The largest absolute Gasteiger partial charge is 0.502 e. The fourth-order valence-electron chi connectivity index (χ4n) is 4.23. The van der Waals surface area contributed by atoms with Gasteiger partial charge in [-0.1, -0.05) is 12.8 Å². The van der Waals surface area contributed by atoms with Crippen molar-refractivity contribution in [3.05, 3.63) is 17.7 Å². The Hall–Kier alpha value is -1.42. The zero-order valence-corrected chi connectivity index (χ0v) is 20.1. The monoisotopic (exact) mass is 518 g/mol. The quantitative estimate of drug-likeness (QED) is 0.293. The smallest absolute Gasteiger partial charge is 0.200 e. The highest BCUT2D eigenvalue weighted by atomic mass is 127. The summed E-state index contributed by atoms with van der Waals surface area (Å²) in [6.07, 6.45) is 6.62. The van der Waals surface area contributed by atoms with Crippen LogP contribution in [0.1, 0.15) is 44.6 Å². The Kier molecular flexibility index (Phi) is 9.61. The number of phenolic OH excluding ortho intramolecular Hbond substituents is 1. The van der Waals surface area contributed by atoms with Crippen LogP contribution in [0.4, 0.5) is 0 Å². The highest BCUT2D eigenvalue weighted by Crippen LogP contribution is 2.37. The van der Waals surface area contributed by atoms with Crippen LogP contribution in [0.5, 0.6) is 17.2 Å². The lowest BCUT2D eigenvalue weighted by Crippen LogP contribution is -2.45. The van der Waals surface area contributed by atoms with E-state index < -0.39 is 0 Å². The number of aliphatic imine (C=N–C) groups is 1. The van der Waals surface area contributed by atoms with Crippen molar-refractivity contribution >= 4 is 29.9 Å². The Morgan fingerprint density at radius 1 is 1.17 bits per heavy atom. The summed E-state index contributed by atoms with van der Waals surface area (Å²) in [7, 11) is 3.06. The molecule has 1 aliphatic carbocycles. The van der Waals surface area contributed by atoms with Gasteiger partial charge in [0, 0.05) is 31.7 Å². The van der Waals surface area contributed by atoms with Crippen molar-refractivity contribution in [1.82, 2.24) is 15.5 Å². The van der Waals surface area contributed by atoms with Gasteiger partial charge in [0.15, 0.2) is 17.5 Å². The molecule has 164 valence electrons. The summed E-state index contributed by atoms with van der Waals surface area (Å²) < 4.78 is 10.5. The first-order chi connectivity index (χ1) is 13.6. The van der Waals surface area contributed by atoms with Gasteiger partial charge in [0.05, 0.1) is 20.8 Å². The van der Waals surface area contributed by atoms with Crippen molar-refractivity contribution in [2.45, 2.75) is 57.7 Å². The molecule has 3 N–H and O–H groups in total. The van der Waals surface area contributed by atoms with E-state index in [9.17, 15) is 5.11 Å². The van der Waals surface area contributed by atoms with Gasteiger partial charge in [-0.15, -0.1) is 24.0 Å². The Morgan fingerprint density at radius 2 is 1.83 bits per heavy atom. The first kappa shape index (κ1) is 23.9. The molecule has 1 saturated heterocycles. The molecule has 0 bridgehead atoms. The van der Waals surface area contributed by atoms with E-state index in [-0.39, 0.29) is 29.7 Å². The Morgan fingerprint density at radius 3 is 2.41 bits per heavy atom. The second kappa shape index (κ2) is 11.7. The van der Waals surface area contributed by atoms with Crippen molar-refractivity contribution in [2.75, 3.05) is 33.9 Å². The van der Waals surface area contributed by atoms with E-state index in [1.807, 2.05) is 0 Å². The van der Waals surface area contributed by atoms with Gasteiger partial charge in [0.2, 0.25) is 5.75 Å². The van der Waals surface area contributed by atoms with Crippen LogP contribution in [-0.4, -0.2) is 61.9 Å². The summed E-state index contributed by atoms with van der Waals surface area (Å²) in [5.41, 5.74) is 0.919. The lowest BCUT2D eigenvalue weighted by molar-refractivity contribution is 0.242. The van der Waals surface area contributed by atoms with E-state index in [1.165, 1.54) is 46.4 Å². The van der Waals surface area contributed by atoms with E-state index in [2.05, 4.69) is 22.5 Å². The SMILES string of the molecule is CCNC(=NCc1cc(OC)c(O)c(OC)c1)NC1CCN(C2CCCC2)C1.I. The Bertz CT molecular complexity index is 655. The summed E-state index contributed by atoms with van der Waals surface area (Å²) in [5, 5.41) is 17.0. The molecule has 1 saturated carbocycles. The van der Waals surface area contributed by atoms with Crippen molar-refractivity contribution in [3.63, 3.8) is 0 Å². The predicted octanol–water partition coefficient (Wildman–Crippen LogP) is 3.10. The normalized spacial score (nSPS) is 20.4. The molecule has 3 rings (SSSR count). The van der Waals surface area contributed by atoms with Crippen molar-refractivity contribution in [3.8, 4) is 17.2 Å². The van der Waals surface area contributed by atoms with E-state index in [0.717, 1.165) is 37.1 Å². The van der Waals surface area contributed by atoms with Gasteiger partial charge in [-0.05, 0) is 43.9 Å². The van der Waals surface area contributed by atoms with Gasteiger partial charge in [0.25, 0.3) is 0 Å². The average molecular weight is 518 g/mol. The highest BCUT2D eigenvalue weighted by Gasteiger charge is 2.30. The average Bonchev–Trinajstić information content (AvgIpc) is 3.38. The molecule has 0 aromatic heterocycles. The summed E-state index contributed by atoms with van der Waals surface area (Å²) in [6.45, 7) is 5.63. The van der Waals surface area contributed by atoms with Crippen LogP contribution in [0.3, 0.4) is 0 Å². The number of hydrogen-bond donors (Lipinski definition) is 3. The van der Waals surface area contributed by atoms with Gasteiger partial charge in [-0.3, -0.25) is 4.90 Å². The number of rotatable bonds is 7. The number of halogens is 1. The number of guanidine groups is 1. The maximum Gasteiger partial charge on any atom is 0.200 e. The van der Waals surface area contributed by atoms with Gasteiger partial charge in [-0.2, -0.15) is 0 Å². The van der Waals surface area contributed by atoms with Gasteiger partial charge < -0.3 is 25.2 Å². The van der Waals surface area contributed by atoms with Crippen LogP contribution in [0.25, 0.3) is 0 Å². The van der Waals surface area contributed by atoms with Crippen molar-refractivity contribution < 1.29 is 14.6 Å². The maximum absolute atomic E-state index is 10.1. The summed E-state index contributed by atoms with van der Waals surface area (Å²) in [4.78, 5) is 7.38. The molecule has 1 atom stereocenters. The predicted molar refractivity (Wildman–Crippen MR) is 127 cm³/mol. The molecule has 29 heavy (non-hydrogen) atoms. The number of phenols is 1. The number of nitrogens with zero attached hydrogens (tertiary/aromatic N) is 2. The number of likely N-dealkylation sites (tertiary alicyclic amines) is 1. The number of benzene rings is 1. The fourth-order valence-corrected chi connectivity index (χ4v) is 4.23. The van der Waals surface area contributed by atoms with Gasteiger partial charge in [-0.25, -0.2) is 4.99 Å². The summed E-state index contributed by atoms with van der Waals surface area (Å²) in [6, 6.07) is 4.80. The molecule has 7 nitrogen and oxygen atoms in total. The van der Waals surface area contributed by atoms with Crippen LogP contribution < -0.4 is 20.1 Å². The summed E-state index contributed by atoms with van der Waals surface area (Å²) >= 11 is 0. The number of nitrogens with one attached hydrogen (secondary N) is 2. The molecule has 2 fully saturated rings. The molecule has 0 amide bonds. The first-order valence-corrected chi connectivity index (χ1v) is 10.4. The van der Waals surface area contributed by atoms with Crippen LogP contribution in [0.2, 0.25) is 0 Å². The molecular weight excluding hydrogens is 483 g/mol. The fraction of sp³-hybridized carbons (Fsp3) is 0.667. The number of ether oxygens (including phenoxy) is 2. The molecule has 0 radical (unpaired) electrons. The van der Waals surface area contributed by atoms with E-state index in [4.69, 9.17) is 14.5 Å². The van der Waals surface area contributed by atoms with E-state index in [1.54, 1.807) is 12.1 Å². The molecular formula is C21H35IN4O3. The van der Waals surface area contributed by atoms with Crippen molar-refractivity contribution in [1.29, 1.82) is 0 Å². The van der Waals surface area contributed by atoms with Crippen molar-refractivity contribution in [2.24, 2.45) is 4.99 Å². The second-order valence-electron chi connectivity index (χ2n) is 7.61. The van der Waals surface area contributed by atoms with Crippen LogP contribution in [0, 0.1) is 0 Å². The third-order valence-corrected chi connectivity index (χ3v) is 5.71. The zero-order valence-electron chi connectivity index (χ0n) is 17.7. The van der Waals surface area contributed by atoms with Crippen LogP contribution in [-0.2, 0) is 6.54 Å². The molecule has 1 aromatic carbocycles. The Balaban J connectivity index is 0.00000300. The van der Waals surface area contributed by atoms with E-state index >= 15 is 0 Å². The molecule has 2 aliphatic rings.